The van der Waals surface area contributed by atoms with Gasteiger partial charge in [-0.2, -0.15) is 0 Å². The number of nitrogens with two attached hydrogens (primary N) is 1. The summed E-state index contributed by atoms with van der Waals surface area (Å²) in [6, 6.07) is 6.78. The second kappa shape index (κ2) is 7.93. The Hall–Kier alpha value is -1.69. The lowest BCUT2D eigenvalue weighted by atomic mass is 10.0. The summed E-state index contributed by atoms with van der Waals surface area (Å²) < 4.78 is 0. The molecular weight excluding hydrogens is 286 g/mol. The number of nitrogens with one attached hydrogen (secondary N) is 1. The summed E-state index contributed by atoms with van der Waals surface area (Å²) in [4.78, 5) is 26.2. The number of nitrogens with zero attached hydrogens (tertiary/aromatic N) is 1. The lowest BCUT2D eigenvalue weighted by Gasteiger charge is -2.26. The first-order valence-electron chi connectivity index (χ1n) is 6.79. The largest absolute Gasteiger partial charge is 0.352 e. The van der Waals surface area contributed by atoms with E-state index in [1.165, 1.54) is 4.90 Å². The summed E-state index contributed by atoms with van der Waals surface area (Å²) in [5.74, 6) is -0.163. The molecular formula is C15H23N3O2S. The van der Waals surface area contributed by atoms with E-state index in [0.29, 0.717) is 6.54 Å². The smallest absolute Gasteiger partial charge is 0.312 e. The van der Waals surface area contributed by atoms with E-state index in [1.54, 1.807) is 23.7 Å². The monoisotopic (exact) mass is 309 g/mol. The first-order chi connectivity index (χ1) is 9.85. The molecule has 1 aromatic carbocycles. The van der Waals surface area contributed by atoms with Gasteiger partial charge in [0.2, 0.25) is 5.91 Å². The molecule has 0 aliphatic rings. The number of primary amides is 1. The molecule has 116 valence electrons. The molecule has 0 saturated heterocycles. The predicted octanol–water partition coefficient (Wildman–Crippen LogP) is 2.06. The number of rotatable bonds is 6. The molecule has 0 aromatic heterocycles. The average Bonchev–Trinajstić information content (AvgIpc) is 2.44. The summed E-state index contributed by atoms with van der Waals surface area (Å²) in [6.45, 7) is 4.25. The van der Waals surface area contributed by atoms with Crippen molar-refractivity contribution >= 4 is 23.7 Å². The third-order valence-corrected chi connectivity index (χ3v) is 3.93. The number of amides is 3. The molecule has 1 aromatic rings. The highest BCUT2D eigenvalue weighted by Crippen LogP contribution is 2.16. The Morgan fingerprint density at radius 1 is 1.29 bits per heavy atom. The number of benzene rings is 1. The van der Waals surface area contributed by atoms with Gasteiger partial charge in [0.05, 0.1) is 0 Å². The first kappa shape index (κ1) is 17.4. The fourth-order valence-corrected chi connectivity index (χ4v) is 2.40. The molecule has 1 unspecified atom stereocenters. The molecule has 0 radical (unpaired) electrons. The van der Waals surface area contributed by atoms with Gasteiger partial charge in [-0.15, -0.1) is 11.8 Å². The lowest BCUT2D eigenvalue weighted by Crippen LogP contribution is -2.51. The summed E-state index contributed by atoms with van der Waals surface area (Å²) in [5, 5.41) is 2.51. The Bertz CT molecular complexity index is 488. The van der Waals surface area contributed by atoms with Crippen LogP contribution in [0.4, 0.5) is 4.79 Å². The number of carbonyl (C=O) groups is 2. The van der Waals surface area contributed by atoms with Crippen LogP contribution in [0.25, 0.3) is 0 Å². The zero-order valence-corrected chi connectivity index (χ0v) is 13.7. The van der Waals surface area contributed by atoms with Gasteiger partial charge >= 0.3 is 6.03 Å². The molecule has 1 atom stereocenters. The van der Waals surface area contributed by atoms with Crippen LogP contribution in [0.5, 0.6) is 0 Å². The highest BCUT2D eigenvalue weighted by molar-refractivity contribution is 7.98. The quantitative estimate of drug-likeness (QED) is 0.790. The first-order valence-corrected chi connectivity index (χ1v) is 8.01. The number of hydrogen-bond donors (Lipinski definition) is 2. The molecule has 6 heteroatoms. The van der Waals surface area contributed by atoms with Crippen LogP contribution in [-0.4, -0.2) is 36.2 Å². The number of urea groups is 1. The minimum Gasteiger partial charge on any atom is -0.352 e. The maximum absolute atomic E-state index is 12.4. The molecule has 0 spiro atoms. The molecule has 0 heterocycles. The van der Waals surface area contributed by atoms with E-state index < -0.39 is 12.1 Å². The van der Waals surface area contributed by atoms with Crippen molar-refractivity contribution in [2.24, 2.45) is 11.7 Å². The molecule has 3 amide bonds. The van der Waals surface area contributed by atoms with Gasteiger partial charge in [0.15, 0.2) is 0 Å². The van der Waals surface area contributed by atoms with Crippen LogP contribution < -0.4 is 11.1 Å². The highest BCUT2D eigenvalue weighted by Gasteiger charge is 2.26. The molecule has 0 fully saturated rings. The van der Waals surface area contributed by atoms with E-state index in [0.717, 1.165) is 5.56 Å². The van der Waals surface area contributed by atoms with Crippen molar-refractivity contribution in [2.45, 2.75) is 31.3 Å². The number of hydrogen-bond acceptors (Lipinski definition) is 3. The van der Waals surface area contributed by atoms with Crippen molar-refractivity contribution in [3.05, 3.63) is 29.8 Å². The summed E-state index contributed by atoms with van der Waals surface area (Å²) in [5.41, 5.74) is 6.18. The van der Waals surface area contributed by atoms with Crippen LogP contribution in [0.2, 0.25) is 0 Å². The highest BCUT2D eigenvalue weighted by atomic mass is 32.2. The normalized spacial score (nSPS) is 12.0. The van der Waals surface area contributed by atoms with Crippen molar-refractivity contribution in [3.63, 3.8) is 0 Å². The van der Waals surface area contributed by atoms with E-state index in [-0.39, 0.29) is 11.8 Å². The Labute approximate surface area is 130 Å². The van der Waals surface area contributed by atoms with Crippen molar-refractivity contribution in [1.82, 2.24) is 10.2 Å². The standard InChI is InChI=1S/C15H23N3O2S/c1-10(2)13(17-15(16)20)14(19)18(3)9-11-5-7-12(21-4)8-6-11/h5-8,10,13H,9H2,1-4H3,(H3,16,17,20). The molecule has 1 rings (SSSR count). The second-order valence-corrected chi connectivity index (χ2v) is 6.15. The topological polar surface area (TPSA) is 75.4 Å². The SMILES string of the molecule is CSc1ccc(CN(C)C(=O)C(NC(N)=O)C(C)C)cc1. The zero-order chi connectivity index (χ0) is 16.0. The van der Waals surface area contributed by atoms with Crippen LogP contribution in [0.15, 0.2) is 29.2 Å². The second-order valence-electron chi connectivity index (χ2n) is 5.27. The van der Waals surface area contributed by atoms with E-state index in [9.17, 15) is 9.59 Å². The maximum Gasteiger partial charge on any atom is 0.312 e. The van der Waals surface area contributed by atoms with Gasteiger partial charge in [0, 0.05) is 18.5 Å². The van der Waals surface area contributed by atoms with Crippen molar-refractivity contribution in [1.29, 1.82) is 0 Å². The Morgan fingerprint density at radius 2 is 1.86 bits per heavy atom. The van der Waals surface area contributed by atoms with Crippen LogP contribution in [0.3, 0.4) is 0 Å². The van der Waals surface area contributed by atoms with Gasteiger partial charge in [0.25, 0.3) is 0 Å². The Kier molecular flexibility index (Phi) is 6.55. The molecule has 5 nitrogen and oxygen atoms in total. The number of carbonyl (C=O) groups excluding carboxylic acids is 2. The summed E-state index contributed by atoms with van der Waals surface area (Å²) in [6.07, 6.45) is 2.02. The van der Waals surface area contributed by atoms with Gasteiger partial charge in [-0.25, -0.2) is 4.79 Å². The molecule has 0 aliphatic carbocycles. The number of thioether (sulfide) groups is 1. The predicted molar refractivity (Wildman–Crippen MR) is 86.0 cm³/mol. The van der Waals surface area contributed by atoms with Crippen LogP contribution in [0.1, 0.15) is 19.4 Å². The lowest BCUT2D eigenvalue weighted by molar-refractivity contribution is -0.133. The average molecular weight is 309 g/mol. The summed E-state index contributed by atoms with van der Waals surface area (Å²) in [7, 11) is 1.73. The van der Waals surface area contributed by atoms with Gasteiger partial charge in [-0.3, -0.25) is 4.79 Å². The van der Waals surface area contributed by atoms with E-state index in [1.807, 2.05) is 44.4 Å². The molecule has 0 saturated carbocycles. The molecule has 3 N–H and O–H groups in total. The Balaban J connectivity index is 2.73. The van der Waals surface area contributed by atoms with Crippen molar-refractivity contribution < 1.29 is 9.59 Å². The van der Waals surface area contributed by atoms with Crippen molar-refractivity contribution in [3.8, 4) is 0 Å². The van der Waals surface area contributed by atoms with E-state index in [4.69, 9.17) is 5.73 Å². The minimum absolute atomic E-state index is 0.0219. The number of likely N-dealkylation sites (N-methyl/N-ethyl adjacent to an activating group) is 1. The fraction of sp³-hybridized carbons (Fsp3) is 0.467. The minimum atomic E-state index is -0.681. The van der Waals surface area contributed by atoms with Crippen LogP contribution >= 0.6 is 11.8 Å². The van der Waals surface area contributed by atoms with Crippen LogP contribution in [0, 0.1) is 5.92 Å². The third-order valence-electron chi connectivity index (χ3n) is 3.19. The third kappa shape index (κ3) is 5.30. The van der Waals surface area contributed by atoms with E-state index >= 15 is 0 Å². The molecule has 0 aliphatic heterocycles. The van der Waals surface area contributed by atoms with Gasteiger partial charge < -0.3 is 16.0 Å². The van der Waals surface area contributed by atoms with E-state index in [2.05, 4.69) is 5.32 Å². The van der Waals surface area contributed by atoms with Gasteiger partial charge in [-0.1, -0.05) is 26.0 Å². The van der Waals surface area contributed by atoms with Gasteiger partial charge in [0.1, 0.15) is 6.04 Å². The molecule has 21 heavy (non-hydrogen) atoms. The summed E-state index contributed by atoms with van der Waals surface area (Å²) >= 11 is 1.68. The van der Waals surface area contributed by atoms with Crippen molar-refractivity contribution in [2.75, 3.05) is 13.3 Å². The maximum atomic E-state index is 12.4. The Morgan fingerprint density at radius 3 is 2.29 bits per heavy atom. The van der Waals surface area contributed by atoms with Gasteiger partial charge in [-0.05, 0) is 29.9 Å². The zero-order valence-electron chi connectivity index (χ0n) is 12.9. The fourth-order valence-electron chi connectivity index (χ4n) is 1.99. The molecule has 0 bridgehead atoms. The van der Waals surface area contributed by atoms with Crippen LogP contribution in [-0.2, 0) is 11.3 Å².